The number of nitrogens with two attached hydrogens (primary N) is 1. The second kappa shape index (κ2) is 5.70. The maximum atomic E-state index is 13.4. The molecule has 2 atom stereocenters. The van der Waals surface area contributed by atoms with E-state index in [0.717, 1.165) is 0 Å². The predicted octanol–water partition coefficient (Wildman–Crippen LogP) is 2.11. The summed E-state index contributed by atoms with van der Waals surface area (Å²) in [5.74, 6) is -0.265. The van der Waals surface area contributed by atoms with Crippen molar-refractivity contribution in [2.45, 2.75) is 18.6 Å². The number of carbonyl (C=O) groups excluding carboxylic acids is 1. The number of carbonyl (C=O) groups is 1. The minimum absolute atomic E-state index is 0.0845. The van der Waals surface area contributed by atoms with Gasteiger partial charge < -0.3 is 15.4 Å². The summed E-state index contributed by atoms with van der Waals surface area (Å²) in [7, 11) is 1.60. The lowest BCUT2D eigenvalue weighted by atomic mass is 10.2. The Balaban J connectivity index is 2.04. The number of ether oxygens (including phenoxy) is 1. The molecule has 1 amide bonds. The number of benzene rings is 1. The number of pyridine rings is 1. The molecule has 0 bridgehead atoms. The molecule has 3 rings (SSSR count). The van der Waals surface area contributed by atoms with Crippen LogP contribution in [0.3, 0.4) is 0 Å². The fraction of sp³-hybridized carbons (Fsp3) is 0.333. The van der Waals surface area contributed by atoms with Gasteiger partial charge in [0.15, 0.2) is 0 Å². The molecule has 1 fully saturated rings. The molecule has 2 N–H and O–H groups in total. The molecule has 1 aromatic carbocycles. The maximum Gasteiger partial charge on any atom is 0.240 e. The highest BCUT2D eigenvalue weighted by atomic mass is 35.5. The molecule has 0 aliphatic carbocycles. The smallest absolute Gasteiger partial charge is 0.240 e. The van der Waals surface area contributed by atoms with Gasteiger partial charge in [0.1, 0.15) is 17.7 Å². The van der Waals surface area contributed by atoms with E-state index in [0.29, 0.717) is 29.7 Å². The minimum atomic E-state index is -0.478. The van der Waals surface area contributed by atoms with E-state index in [4.69, 9.17) is 22.1 Å². The van der Waals surface area contributed by atoms with Crippen molar-refractivity contribution in [1.29, 1.82) is 0 Å². The summed E-state index contributed by atoms with van der Waals surface area (Å²) in [6.45, 7) is 0.515. The standard InChI is InChI=1S/C15H15ClFN3O2/c1-22-10-6-12(15(18)21)20(7-10)13-3-2-8-4-9(17)5-11(16)14(8)19-13/h2-5,10,12H,6-7H2,1H3,(H2,18,21)/t10-,12-/m0/s1. The molecule has 116 valence electrons. The van der Waals surface area contributed by atoms with Gasteiger partial charge >= 0.3 is 0 Å². The minimum Gasteiger partial charge on any atom is -0.380 e. The number of aromatic nitrogens is 1. The number of hydrogen-bond acceptors (Lipinski definition) is 4. The van der Waals surface area contributed by atoms with Crippen molar-refractivity contribution in [3.8, 4) is 0 Å². The first-order valence-electron chi connectivity index (χ1n) is 6.84. The van der Waals surface area contributed by atoms with Crippen LogP contribution in [0.15, 0.2) is 24.3 Å². The molecule has 1 aliphatic heterocycles. The van der Waals surface area contributed by atoms with Gasteiger partial charge in [0, 0.05) is 25.5 Å². The largest absolute Gasteiger partial charge is 0.380 e. The Kier molecular flexibility index (Phi) is 3.88. The van der Waals surface area contributed by atoms with Crippen molar-refractivity contribution in [1.82, 2.24) is 4.98 Å². The number of methoxy groups -OCH3 is 1. The van der Waals surface area contributed by atoms with Crippen LogP contribution in [0.2, 0.25) is 5.02 Å². The summed E-state index contributed by atoms with van der Waals surface area (Å²) < 4.78 is 18.7. The number of hydrogen-bond donors (Lipinski definition) is 1. The third-order valence-corrected chi connectivity index (χ3v) is 4.20. The van der Waals surface area contributed by atoms with Crippen LogP contribution in [0.4, 0.5) is 10.2 Å². The Labute approximate surface area is 131 Å². The van der Waals surface area contributed by atoms with Crippen LogP contribution in [0.25, 0.3) is 10.9 Å². The summed E-state index contributed by atoms with van der Waals surface area (Å²) in [4.78, 5) is 17.9. The van der Waals surface area contributed by atoms with Gasteiger partial charge in [-0.3, -0.25) is 4.79 Å². The first-order valence-corrected chi connectivity index (χ1v) is 7.22. The van der Waals surface area contributed by atoms with Gasteiger partial charge in [-0.2, -0.15) is 0 Å². The molecule has 0 unspecified atom stereocenters. The number of rotatable bonds is 3. The number of nitrogens with zero attached hydrogens (tertiary/aromatic N) is 2. The van der Waals surface area contributed by atoms with E-state index >= 15 is 0 Å². The summed E-state index contributed by atoms with van der Waals surface area (Å²) in [6.07, 6.45) is 0.432. The van der Waals surface area contributed by atoms with Crippen molar-refractivity contribution in [2.24, 2.45) is 5.73 Å². The topological polar surface area (TPSA) is 68.5 Å². The molecule has 0 radical (unpaired) electrons. The van der Waals surface area contributed by atoms with E-state index in [-0.39, 0.29) is 11.1 Å². The molecule has 2 aromatic rings. The van der Waals surface area contributed by atoms with Crippen LogP contribution in [-0.4, -0.2) is 36.7 Å². The first-order chi connectivity index (χ1) is 10.5. The average Bonchev–Trinajstić information content (AvgIpc) is 2.91. The van der Waals surface area contributed by atoms with Crippen molar-refractivity contribution in [3.63, 3.8) is 0 Å². The number of anilines is 1. The normalized spacial score (nSPS) is 21.5. The quantitative estimate of drug-likeness (QED) is 0.939. The summed E-state index contributed by atoms with van der Waals surface area (Å²) in [5, 5.41) is 0.835. The first kappa shape index (κ1) is 15.0. The molecule has 1 aliphatic rings. The van der Waals surface area contributed by atoms with E-state index in [1.807, 2.05) is 0 Å². The highest BCUT2D eigenvalue weighted by Gasteiger charge is 2.36. The predicted molar refractivity (Wildman–Crippen MR) is 82.5 cm³/mol. The number of amides is 1. The van der Waals surface area contributed by atoms with Gasteiger partial charge in [-0.05, 0) is 24.3 Å². The maximum absolute atomic E-state index is 13.4. The SMILES string of the molecule is CO[C@H]1C[C@@H](C(N)=O)N(c2ccc3cc(F)cc(Cl)c3n2)C1. The zero-order valence-corrected chi connectivity index (χ0v) is 12.7. The molecular formula is C15H15ClFN3O2. The number of primary amides is 1. The van der Waals surface area contributed by atoms with Gasteiger partial charge in [-0.1, -0.05) is 11.6 Å². The Morgan fingerprint density at radius 3 is 2.95 bits per heavy atom. The van der Waals surface area contributed by atoms with Crippen molar-refractivity contribution < 1.29 is 13.9 Å². The van der Waals surface area contributed by atoms with E-state index in [9.17, 15) is 9.18 Å². The van der Waals surface area contributed by atoms with Crippen molar-refractivity contribution >= 4 is 34.2 Å². The zero-order valence-electron chi connectivity index (χ0n) is 11.9. The lowest BCUT2D eigenvalue weighted by Gasteiger charge is -2.23. The van der Waals surface area contributed by atoms with E-state index in [1.54, 1.807) is 24.1 Å². The average molecular weight is 324 g/mol. The third kappa shape index (κ3) is 2.60. The summed E-state index contributed by atoms with van der Waals surface area (Å²) >= 11 is 6.06. The van der Waals surface area contributed by atoms with Crippen LogP contribution in [0.1, 0.15) is 6.42 Å². The molecule has 7 heteroatoms. The fourth-order valence-electron chi connectivity index (χ4n) is 2.80. The molecule has 0 spiro atoms. The molecule has 5 nitrogen and oxygen atoms in total. The van der Waals surface area contributed by atoms with Gasteiger partial charge in [0.2, 0.25) is 5.91 Å². The Morgan fingerprint density at radius 1 is 1.50 bits per heavy atom. The second-order valence-corrected chi connectivity index (χ2v) is 5.70. The molecule has 22 heavy (non-hydrogen) atoms. The lowest BCUT2D eigenvalue weighted by molar-refractivity contribution is -0.119. The lowest BCUT2D eigenvalue weighted by Crippen LogP contribution is -2.40. The third-order valence-electron chi connectivity index (χ3n) is 3.91. The fourth-order valence-corrected chi connectivity index (χ4v) is 3.05. The number of halogens is 2. The number of fused-ring (bicyclic) bond motifs is 1. The van der Waals surface area contributed by atoms with E-state index in [1.165, 1.54) is 12.1 Å². The Morgan fingerprint density at radius 2 is 2.27 bits per heavy atom. The van der Waals surface area contributed by atoms with E-state index in [2.05, 4.69) is 4.98 Å². The van der Waals surface area contributed by atoms with Crippen LogP contribution >= 0.6 is 11.6 Å². The van der Waals surface area contributed by atoms with Gasteiger partial charge in [-0.15, -0.1) is 0 Å². The molecule has 1 saturated heterocycles. The molecular weight excluding hydrogens is 309 g/mol. The Bertz CT molecular complexity index is 740. The van der Waals surface area contributed by atoms with Crippen LogP contribution in [0.5, 0.6) is 0 Å². The summed E-state index contributed by atoms with van der Waals surface area (Å²) in [5.41, 5.74) is 5.96. The van der Waals surface area contributed by atoms with E-state index < -0.39 is 17.8 Å². The van der Waals surface area contributed by atoms with Crippen LogP contribution in [-0.2, 0) is 9.53 Å². The molecule has 2 heterocycles. The summed E-state index contributed by atoms with van der Waals surface area (Å²) in [6, 6.07) is 5.56. The van der Waals surface area contributed by atoms with Crippen LogP contribution < -0.4 is 10.6 Å². The van der Waals surface area contributed by atoms with Gasteiger partial charge in [-0.25, -0.2) is 9.37 Å². The van der Waals surface area contributed by atoms with Gasteiger partial charge in [0.25, 0.3) is 0 Å². The van der Waals surface area contributed by atoms with Crippen LogP contribution in [0, 0.1) is 5.82 Å². The second-order valence-electron chi connectivity index (χ2n) is 5.29. The van der Waals surface area contributed by atoms with Crippen molar-refractivity contribution in [2.75, 3.05) is 18.6 Å². The zero-order chi connectivity index (χ0) is 15.9. The highest BCUT2D eigenvalue weighted by Crippen LogP contribution is 2.30. The molecule has 0 saturated carbocycles. The van der Waals surface area contributed by atoms with Crippen molar-refractivity contribution in [3.05, 3.63) is 35.1 Å². The Hall–Kier alpha value is -1.92. The molecule has 1 aromatic heterocycles. The highest BCUT2D eigenvalue weighted by molar-refractivity contribution is 6.35. The van der Waals surface area contributed by atoms with Gasteiger partial charge in [0.05, 0.1) is 16.6 Å². The monoisotopic (exact) mass is 323 g/mol.